The number of anilines is 2. The molecule has 16 heavy (non-hydrogen) atoms. The third-order valence-corrected chi connectivity index (χ3v) is 3.91. The predicted molar refractivity (Wildman–Crippen MR) is 75.0 cm³/mol. The van der Waals surface area contributed by atoms with Crippen molar-refractivity contribution in [1.29, 1.82) is 0 Å². The molecule has 0 saturated heterocycles. The van der Waals surface area contributed by atoms with Crippen molar-refractivity contribution in [2.45, 2.75) is 6.54 Å². The number of halogens is 1. The molecule has 0 spiro atoms. The van der Waals surface area contributed by atoms with Crippen molar-refractivity contribution >= 4 is 38.6 Å². The quantitative estimate of drug-likeness (QED) is 0.875. The zero-order valence-electron chi connectivity index (χ0n) is 8.98. The number of nitrogens with two attached hydrogens (primary N) is 1. The smallest absolute Gasteiger partial charge is 0.0701 e. The first-order valence-electron chi connectivity index (χ1n) is 4.95. The summed E-state index contributed by atoms with van der Waals surface area (Å²) in [5, 5.41) is 2.16. The van der Waals surface area contributed by atoms with E-state index in [1.807, 2.05) is 18.2 Å². The van der Waals surface area contributed by atoms with E-state index >= 15 is 0 Å². The Morgan fingerprint density at radius 1 is 1.38 bits per heavy atom. The lowest BCUT2D eigenvalue weighted by Crippen LogP contribution is -2.15. The Hall–Kier alpha value is -1.00. The minimum atomic E-state index is 0.802. The van der Waals surface area contributed by atoms with Gasteiger partial charge in [0, 0.05) is 25.0 Å². The molecule has 0 aliphatic carbocycles. The second-order valence-corrected chi connectivity index (χ2v) is 6.00. The van der Waals surface area contributed by atoms with Gasteiger partial charge in [-0.2, -0.15) is 0 Å². The Labute approximate surface area is 108 Å². The highest BCUT2D eigenvalue weighted by Crippen LogP contribution is 2.23. The molecule has 0 unspecified atom stereocenters. The van der Waals surface area contributed by atoms with Crippen LogP contribution in [0.25, 0.3) is 0 Å². The molecule has 84 valence electrons. The molecule has 1 aromatic carbocycles. The molecule has 4 heteroatoms. The van der Waals surface area contributed by atoms with E-state index in [-0.39, 0.29) is 0 Å². The molecule has 0 atom stereocenters. The van der Waals surface area contributed by atoms with Crippen molar-refractivity contribution in [3.63, 3.8) is 0 Å². The topological polar surface area (TPSA) is 29.3 Å². The van der Waals surface area contributed by atoms with E-state index in [1.54, 1.807) is 11.3 Å². The van der Waals surface area contributed by atoms with Gasteiger partial charge in [0.05, 0.1) is 3.79 Å². The molecular formula is C12H13BrN2S. The highest BCUT2D eigenvalue weighted by Gasteiger charge is 2.04. The second kappa shape index (κ2) is 4.89. The summed E-state index contributed by atoms with van der Waals surface area (Å²) in [6.45, 7) is 0.894. The number of hydrogen-bond acceptors (Lipinski definition) is 3. The fourth-order valence-corrected chi connectivity index (χ4v) is 2.76. The van der Waals surface area contributed by atoms with Crippen molar-refractivity contribution in [1.82, 2.24) is 0 Å². The first kappa shape index (κ1) is 11.5. The van der Waals surface area contributed by atoms with Crippen LogP contribution in [0.2, 0.25) is 0 Å². The number of nitrogens with zero attached hydrogens (tertiary/aromatic N) is 1. The van der Waals surface area contributed by atoms with Gasteiger partial charge in [0.25, 0.3) is 0 Å². The molecule has 0 saturated carbocycles. The van der Waals surface area contributed by atoms with E-state index in [1.165, 1.54) is 9.35 Å². The van der Waals surface area contributed by atoms with E-state index in [4.69, 9.17) is 5.73 Å². The highest BCUT2D eigenvalue weighted by molar-refractivity contribution is 9.11. The van der Waals surface area contributed by atoms with Crippen molar-refractivity contribution in [2.75, 3.05) is 17.7 Å². The lowest BCUT2D eigenvalue weighted by Gasteiger charge is -2.18. The highest BCUT2D eigenvalue weighted by atomic mass is 79.9. The predicted octanol–water partition coefficient (Wildman–Crippen LogP) is 3.73. The van der Waals surface area contributed by atoms with Crippen molar-refractivity contribution in [3.05, 3.63) is 45.1 Å². The zero-order valence-corrected chi connectivity index (χ0v) is 11.4. The standard InChI is InChI=1S/C12H13BrN2S/c1-15(7-9-5-12(13)16-8-9)11-4-2-3-10(14)6-11/h2-6,8H,7,14H2,1H3. The van der Waals surface area contributed by atoms with Crippen molar-refractivity contribution in [2.24, 2.45) is 0 Å². The van der Waals surface area contributed by atoms with Gasteiger partial charge in [0.1, 0.15) is 0 Å². The average Bonchev–Trinajstić information content (AvgIpc) is 2.64. The molecule has 2 nitrogen and oxygen atoms in total. The van der Waals surface area contributed by atoms with E-state index in [9.17, 15) is 0 Å². The molecule has 0 bridgehead atoms. The molecule has 1 heterocycles. The van der Waals surface area contributed by atoms with Gasteiger partial charge in [-0.05, 0) is 51.1 Å². The van der Waals surface area contributed by atoms with Gasteiger partial charge in [-0.3, -0.25) is 0 Å². The molecule has 1 aromatic heterocycles. The molecule has 0 amide bonds. The van der Waals surface area contributed by atoms with Crippen LogP contribution in [-0.4, -0.2) is 7.05 Å². The Morgan fingerprint density at radius 2 is 2.19 bits per heavy atom. The molecular weight excluding hydrogens is 284 g/mol. The van der Waals surface area contributed by atoms with Crippen LogP contribution in [0.3, 0.4) is 0 Å². The lowest BCUT2D eigenvalue weighted by molar-refractivity contribution is 0.928. The maximum Gasteiger partial charge on any atom is 0.0701 e. The maximum absolute atomic E-state index is 5.76. The minimum absolute atomic E-state index is 0.802. The van der Waals surface area contributed by atoms with Crippen LogP contribution in [0.1, 0.15) is 5.56 Å². The third kappa shape index (κ3) is 2.77. The number of benzene rings is 1. The summed E-state index contributed by atoms with van der Waals surface area (Å²) in [4.78, 5) is 2.19. The van der Waals surface area contributed by atoms with Gasteiger partial charge in [0.15, 0.2) is 0 Å². The van der Waals surface area contributed by atoms with E-state index < -0.39 is 0 Å². The summed E-state index contributed by atoms with van der Waals surface area (Å²) in [5.74, 6) is 0. The molecule has 0 fully saturated rings. The number of nitrogen functional groups attached to an aromatic ring is 1. The Bertz CT molecular complexity index is 481. The van der Waals surface area contributed by atoms with Gasteiger partial charge in [-0.1, -0.05) is 6.07 Å². The summed E-state index contributed by atoms with van der Waals surface area (Å²) < 4.78 is 1.17. The van der Waals surface area contributed by atoms with E-state index in [0.717, 1.165) is 17.9 Å². The molecule has 0 radical (unpaired) electrons. The summed E-state index contributed by atoms with van der Waals surface area (Å²) in [6, 6.07) is 10.1. The normalized spacial score (nSPS) is 10.4. The first-order valence-corrected chi connectivity index (χ1v) is 6.62. The fourth-order valence-electron chi connectivity index (χ4n) is 1.56. The molecule has 2 rings (SSSR count). The van der Waals surface area contributed by atoms with Crippen LogP contribution in [0.4, 0.5) is 11.4 Å². The maximum atomic E-state index is 5.76. The monoisotopic (exact) mass is 296 g/mol. The Kier molecular flexibility index (Phi) is 3.51. The van der Waals surface area contributed by atoms with Crippen LogP contribution < -0.4 is 10.6 Å². The van der Waals surface area contributed by atoms with Gasteiger partial charge in [-0.25, -0.2) is 0 Å². The first-order chi connectivity index (χ1) is 7.65. The van der Waals surface area contributed by atoms with Crippen LogP contribution in [0, 0.1) is 0 Å². The number of thiophene rings is 1. The summed E-state index contributed by atoms with van der Waals surface area (Å²) in [5.41, 5.74) is 9.01. The zero-order chi connectivity index (χ0) is 11.5. The van der Waals surface area contributed by atoms with E-state index in [0.29, 0.717) is 0 Å². The second-order valence-electron chi connectivity index (χ2n) is 3.71. The Morgan fingerprint density at radius 3 is 2.81 bits per heavy atom. The number of rotatable bonds is 3. The third-order valence-electron chi connectivity index (χ3n) is 2.35. The minimum Gasteiger partial charge on any atom is -0.399 e. The molecule has 2 N–H and O–H groups in total. The van der Waals surface area contributed by atoms with Gasteiger partial charge < -0.3 is 10.6 Å². The molecule has 0 aliphatic rings. The lowest BCUT2D eigenvalue weighted by atomic mass is 10.2. The van der Waals surface area contributed by atoms with Crippen molar-refractivity contribution in [3.8, 4) is 0 Å². The van der Waals surface area contributed by atoms with Gasteiger partial charge in [0.2, 0.25) is 0 Å². The van der Waals surface area contributed by atoms with E-state index in [2.05, 4.69) is 45.4 Å². The number of hydrogen-bond donors (Lipinski definition) is 1. The summed E-state index contributed by atoms with van der Waals surface area (Å²) in [6.07, 6.45) is 0. The van der Waals surface area contributed by atoms with Gasteiger partial charge >= 0.3 is 0 Å². The molecule has 0 aliphatic heterocycles. The summed E-state index contributed by atoms with van der Waals surface area (Å²) >= 11 is 5.18. The van der Waals surface area contributed by atoms with Crippen LogP contribution in [0.5, 0.6) is 0 Å². The Balaban J connectivity index is 2.11. The van der Waals surface area contributed by atoms with Crippen LogP contribution >= 0.6 is 27.3 Å². The SMILES string of the molecule is CN(Cc1csc(Br)c1)c1cccc(N)c1. The largest absolute Gasteiger partial charge is 0.399 e. The van der Waals surface area contributed by atoms with Gasteiger partial charge in [-0.15, -0.1) is 11.3 Å². The average molecular weight is 297 g/mol. The van der Waals surface area contributed by atoms with Crippen molar-refractivity contribution < 1.29 is 0 Å². The summed E-state index contributed by atoms with van der Waals surface area (Å²) in [7, 11) is 2.07. The van der Waals surface area contributed by atoms with Crippen LogP contribution in [0.15, 0.2) is 39.5 Å². The molecule has 2 aromatic rings. The van der Waals surface area contributed by atoms with Crippen LogP contribution in [-0.2, 0) is 6.54 Å². The fraction of sp³-hybridized carbons (Fsp3) is 0.167.